The second-order valence-corrected chi connectivity index (χ2v) is 1.59. The van der Waals surface area contributed by atoms with E-state index in [2.05, 4.69) is 23.4 Å². The first-order valence-corrected chi connectivity index (χ1v) is 2.62. The van der Waals surface area contributed by atoms with E-state index >= 15 is 0 Å². The van der Waals surface area contributed by atoms with E-state index in [0.717, 1.165) is 0 Å². The summed E-state index contributed by atoms with van der Waals surface area (Å²) in [6.45, 7) is 0. The maximum absolute atomic E-state index is 10.2. The van der Waals surface area contributed by atoms with Gasteiger partial charge < -0.3 is 10.6 Å². The number of hydrogen-bond donors (Lipinski definition) is 3. The lowest BCUT2D eigenvalue weighted by atomic mass is 10.4. The molecule has 0 saturated carbocycles. The van der Waals surface area contributed by atoms with Crippen molar-refractivity contribution in [3.8, 4) is 0 Å². The fourth-order valence-electron chi connectivity index (χ4n) is 0.162. The van der Waals surface area contributed by atoms with Crippen molar-refractivity contribution < 1.29 is 9.63 Å². The summed E-state index contributed by atoms with van der Waals surface area (Å²) in [4.78, 5) is 14.0. The van der Waals surface area contributed by atoms with E-state index in [-0.39, 0.29) is 5.75 Å². The standard InChI is InChI=1S/C3H8N2O2S/c4-2(1-8)3(6)7-5/h2,8H,1,4-5H2/t2-/m0/s1. The van der Waals surface area contributed by atoms with Crippen molar-refractivity contribution in [3.63, 3.8) is 0 Å². The van der Waals surface area contributed by atoms with Crippen LogP contribution in [0.15, 0.2) is 0 Å². The Hall–Kier alpha value is -0.260. The highest BCUT2D eigenvalue weighted by Crippen LogP contribution is 1.83. The van der Waals surface area contributed by atoms with Gasteiger partial charge in [-0.3, -0.25) is 0 Å². The first-order valence-electron chi connectivity index (χ1n) is 1.99. The summed E-state index contributed by atoms with van der Waals surface area (Å²) in [6, 6.07) is -0.705. The molecule has 0 aromatic carbocycles. The Labute approximate surface area is 52.5 Å². The lowest BCUT2D eigenvalue weighted by Gasteiger charge is -2.01. The smallest absolute Gasteiger partial charge is 0.342 e. The minimum absolute atomic E-state index is 0.246. The predicted octanol–water partition coefficient (Wildman–Crippen LogP) is -1.34. The minimum Gasteiger partial charge on any atom is -0.372 e. The van der Waals surface area contributed by atoms with Crippen LogP contribution in [0.25, 0.3) is 0 Å². The fraction of sp³-hybridized carbons (Fsp3) is 0.667. The quantitative estimate of drug-likeness (QED) is 0.324. The summed E-state index contributed by atoms with van der Waals surface area (Å²) in [5.41, 5.74) is 5.10. The number of nitrogens with two attached hydrogens (primary N) is 2. The van der Waals surface area contributed by atoms with Gasteiger partial charge in [-0.05, 0) is 0 Å². The van der Waals surface area contributed by atoms with E-state index in [1.54, 1.807) is 0 Å². The Morgan fingerprint density at radius 2 is 2.38 bits per heavy atom. The molecule has 5 heteroatoms. The van der Waals surface area contributed by atoms with Gasteiger partial charge in [0.25, 0.3) is 0 Å². The molecule has 4 N–H and O–H groups in total. The van der Waals surface area contributed by atoms with Gasteiger partial charge >= 0.3 is 5.97 Å². The summed E-state index contributed by atoms with van der Waals surface area (Å²) in [5.74, 6) is 4.09. The molecule has 8 heavy (non-hydrogen) atoms. The number of carbonyl (C=O) groups excluding carboxylic acids is 1. The van der Waals surface area contributed by atoms with Crippen molar-refractivity contribution in [1.82, 2.24) is 0 Å². The van der Waals surface area contributed by atoms with Gasteiger partial charge in [-0.2, -0.15) is 18.5 Å². The SMILES string of the molecule is NOC(=O)[C@@H](N)CS. The number of hydrogen-bond acceptors (Lipinski definition) is 5. The summed E-state index contributed by atoms with van der Waals surface area (Å²) < 4.78 is 0. The first-order chi connectivity index (χ1) is 3.72. The van der Waals surface area contributed by atoms with Crippen molar-refractivity contribution in [1.29, 1.82) is 0 Å². The molecule has 0 heterocycles. The van der Waals surface area contributed by atoms with Gasteiger partial charge in [0.15, 0.2) is 0 Å². The van der Waals surface area contributed by atoms with Crippen LogP contribution < -0.4 is 11.6 Å². The Kier molecular flexibility index (Phi) is 3.59. The molecular formula is C3H8N2O2S. The molecule has 0 aromatic heterocycles. The van der Waals surface area contributed by atoms with E-state index < -0.39 is 12.0 Å². The molecule has 0 rings (SSSR count). The van der Waals surface area contributed by atoms with E-state index in [9.17, 15) is 4.79 Å². The van der Waals surface area contributed by atoms with Crippen molar-refractivity contribution in [2.24, 2.45) is 11.6 Å². The molecule has 0 fully saturated rings. The number of rotatable bonds is 2. The Balaban J connectivity index is 3.46. The maximum Gasteiger partial charge on any atom is 0.342 e. The topological polar surface area (TPSA) is 78.3 Å². The van der Waals surface area contributed by atoms with E-state index in [1.807, 2.05) is 0 Å². The van der Waals surface area contributed by atoms with Crippen LogP contribution in [0.3, 0.4) is 0 Å². The average Bonchev–Trinajstić information content (AvgIpc) is 1.84. The van der Waals surface area contributed by atoms with Crippen LogP contribution in [0.1, 0.15) is 0 Å². The second kappa shape index (κ2) is 3.71. The van der Waals surface area contributed by atoms with E-state index in [4.69, 9.17) is 5.73 Å². The summed E-state index contributed by atoms with van der Waals surface area (Å²) in [5, 5.41) is 0. The Morgan fingerprint density at radius 3 is 2.50 bits per heavy atom. The molecule has 0 aliphatic carbocycles. The number of carbonyl (C=O) groups is 1. The molecular weight excluding hydrogens is 128 g/mol. The molecule has 0 radical (unpaired) electrons. The van der Waals surface area contributed by atoms with E-state index in [0.29, 0.717) is 0 Å². The molecule has 1 atom stereocenters. The molecule has 48 valence electrons. The number of thiol groups is 1. The zero-order valence-electron chi connectivity index (χ0n) is 4.20. The van der Waals surface area contributed by atoms with Crippen LogP contribution in [-0.2, 0) is 9.63 Å². The van der Waals surface area contributed by atoms with Crippen LogP contribution in [-0.4, -0.2) is 17.8 Å². The highest BCUT2D eigenvalue weighted by Gasteiger charge is 2.10. The Morgan fingerprint density at radius 1 is 1.88 bits per heavy atom. The third-order valence-electron chi connectivity index (χ3n) is 0.616. The molecule has 0 amide bonds. The molecule has 0 saturated heterocycles. The highest BCUT2D eigenvalue weighted by atomic mass is 32.1. The van der Waals surface area contributed by atoms with Crippen molar-refractivity contribution >= 4 is 18.6 Å². The average molecular weight is 136 g/mol. The third-order valence-corrected chi connectivity index (χ3v) is 1.01. The van der Waals surface area contributed by atoms with Gasteiger partial charge in [-0.25, -0.2) is 4.79 Å². The lowest BCUT2D eigenvalue weighted by Crippen LogP contribution is -2.35. The van der Waals surface area contributed by atoms with Gasteiger partial charge in [0, 0.05) is 5.75 Å². The first kappa shape index (κ1) is 7.74. The van der Waals surface area contributed by atoms with Gasteiger partial charge in [-0.15, -0.1) is 0 Å². The van der Waals surface area contributed by atoms with Crippen LogP contribution in [0.4, 0.5) is 0 Å². The maximum atomic E-state index is 10.2. The summed E-state index contributed by atoms with van der Waals surface area (Å²) in [6.07, 6.45) is 0. The second-order valence-electron chi connectivity index (χ2n) is 1.23. The van der Waals surface area contributed by atoms with Gasteiger partial charge in [0.05, 0.1) is 0 Å². The minimum atomic E-state index is -0.705. The zero-order valence-corrected chi connectivity index (χ0v) is 5.10. The van der Waals surface area contributed by atoms with Crippen molar-refractivity contribution in [3.05, 3.63) is 0 Å². The molecule has 0 aliphatic heterocycles. The fourth-order valence-corrected chi connectivity index (χ4v) is 0.311. The van der Waals surface area contributed by atoms with Crippen LogP contribution in [0, 0.1) is 0 Å². The normalized spacial score (nSPS) is 12.9. The van der Waals surface area contributed by atoms with Crippen LogP contribution in [0.2, 0.25) is 0 Å². The van der Waals surface area contributed by atoms with Crippen molar-refractivity contribution in [2.75, 3.05) is 5.75 Å². The lowest BCUT2D eigenvalue weighted by molar-refractivity contribution is -0.145. The summed E-state index contributed by atoms with van der Waals surface area (Å²) in [7, 11) is 0. The monoisotopic (exact) mass is 136 g/mol. The molecule has 0 spiro atoms. The molecule has 0 aliphatic rings. The molecule has 0 bridgehead atoms. The molecule has 0 unspecified atom stereocenters. The molecule has 0 aromatic rings. The largest absolute Gasteiger partial charge is 0.372 e. The highest BCUT2D eigenvalue weighted by molar-refractivity contribution is 7.80. The third kappa shape index (κ3) is 2.15. The van der Waals surface area contributed by atoms with Crippen LogP contribution >= 0.6 is 12.6 Å². The van der Waals surface area contributed by atoms with Gasteiger partial charge in [0.1, 0.15) is 6.04 Å². The van der Waals surface area contributed by atoms with Gasteiger partial charge in [-0.1, -0.05) is 0 Å². The van der Waals surface area contributed by atoms with Gasteiger partial charge in [0.2, 0.25) is 0 Å². The van der Waals surface area contributed by atoms with E-state index in [1.165, 1.54) is 0 Å². The predicted molar refractivity (Wildman–Crippen MR) is 32.1 cm³/mol. The van der Waals surface area contributed by atoms with Crippen molar-refractivity contribution in [2.45, 2.75) is 6.04 Å². The molecule has 4 nitrogen and oxygen atoms in total. The Bertz CT molecular complexity index is 87.4. The zero-order chi connectivity index (χ0) is 6.57. The van der Waals surface area contributed by atoms with Crippen LogP contribution in [0.5, 0.6) is 0 Å². The summed E-state index contributed by atoms with van der Waals surface area (Å²) >= 11 is 3.73.